The standard InChI is InChI=1S/C22H33N3O3/c1-5-6-7-8-9-14-22(4)20(27)25(21(28)24-22)15-19(26)23-18-12-10-17(11-13-18)16(2)3/h10-13,16H,5-9,14-15H2,1-4H3,(H,23,26)(H,24,28). The van der Waals surface area contributed by atoms with Crippen LogP contribution in [0, 0.1) is 0 Å². The summed E-state index contributed by atoms with van der Waals surface area (Å²) in [5.74, 6) is -0.290. The van der Waals surface area contributed by atoms with Gasteiger partial charge in [-0.05, 0) is 37.0 Å². The van der Waals surface area contributed by atoms with Crippen molar-refractivity contribution in [2.45, 2.75) is 77.7 Å². The Hall–Kier alpha value is -2.37. The van der Waals surface area contributed by atoms with Crippen molar-refractivity contribution in [1.29, 1.82) is 0 Å². The number of imide groups is 1. The summed E-state index contributed by atoms with van der Waals surface area (Å²) in [7, 11) is 0. The van der Waals surface area contributed by atoms with Crippen molar-refractivity contribution in [2.24, 2.45) is 0 Å². The van der Waals surface area contributed by atoms with E-state index >= 15 is 0 Å². The lowest BCUT2D eigenvalue weighted by Gasteiger charge is -2.21. The number of anilines is 1. The molecule has 6 heteroatoms. The highest BCUT2D eigenvalue weighted by Crippen LogP contribution is 2.24. The van der Waals surface area contributed by atoms with Gasteiger partial charge in [-0.2, -0.15) is 0 Å². The Morgan fingerprint density at radius 1 is 1.11 bits per heavy atom. The molecule has 1 heterocycles. The maximum Gasteiger partial charge on any atom is 0.325 e. The van der Waals surface area contributed by atoms with E-state index in [0.29, 0.717) is 18.0 Å². The smallest absolute Gasteiger partial charge is 0.325 e. The minimum atomic E-state index is -0.914. The first kappa shape index (κ1) is 21.9. The molecule has 0 aliphatic carbocycles. The van der Waals surface area contributed by atoms with E-state index in [0.717, 1.165) is 30.6 Å². The molecule has 0 saturated carbocycles. The molecule has 1 unspecified atom stereocenters. The van der Waals surface area contributed by atoms with Crippen LogP contribution in [0.4, 0.5) is 10.5 Å². The molecule has 1 aliphatic rings. The van der Waals surface area contributed by atoms with Gasteiger partial charge in [0.25, 0.3) is 5.91 Å². The van der Waals surface area contributed by atoms with Gasteiger partial charge in [-0.15, -0.1) is 0 Å². The largest absolute Gasteiger partial charge is 0.325 e. The normalized spacial score (nSPS) is 19.2. The van der Waals surface area contributed by atoms with Gasteiger partial charge >= 0.3 is 6.03 Å². The van der Waals surface area contributed by atoms with E-state index < -0.39 is 11.6 Å². The van der Waals surface area contributed by atoms with Crippen LogP contribution in [0.15, 0.2) is 24.3 Å². The molecule has 154 valence electrons. The summed E-state index contributed by atoms with van der Waals surface area (Å²) in [4.78, 5) is 38.3. The van der Waals surface area contributed by atoms with Gasteiger partial charge in [-0.1, -0.05) is 65.0 Å². The van der Waals surface area contributed by atoms with E-state index in [1.807, 2.05) is 24.3 Å². The lowest BCUT2D eigenvalue weighted by Crippen LogP contribution is -2.44. The van der Waals surface area contributed by atoms with Crippen molar-refractivity contribution in [2.75, 3.05) is 11.9 Å². The first-order chi connectivity index (χ1) is 13.3. The second-order valence-electron chi connectivity index (χ2n) is 8.14. The van der Waals surface area contributed by atoms with Gasteiger partial charge in [-0.25, -0.2) is 4.79 Å². The van der Waals surface area contributed by atoms with E-state index in [-0.39, 0.29) is 18.4 Å². The van der Waals surface area contributed by atoms with E-state index in [1.165, 1.54) is 12.0 Å². The molecule has 2 N–H and O–H groups in total. The maximum absolute atomic E-state index is 12.7. The third kappa shape index (κ3) is 5.57. The Balaban J connectivity index is 1.89. The van der Waals surface area contributed by atoms with Gasteiger partial charge in [0.1, 0.15) is 12.1 Å². The first-order valence-corrected chi connectivity index (χ1v) is 10.3. The van der Waals surface area contributed by atoms with Gasteiger partial charge in [-0.3, -0.25) is 14.5 Å². The van der Waals surface area contributed by atoms with E-state index in [2.05, 4.69) is 31.4 Å². The number of carbonyl (C=O) groups excluding carboxylic acids is 3. The molecule has 1 fully saturated rings. The molecule has 0 aromatic heterocycles. The number of rotatable bonds is 10. The van der Waals surface area contributed by atoms with Crippen LogP contribution < -0.4 is 10.6 Å². The molecular formula is C22H33N3O3. The van der Waals surface area contributed by atoms with Gasteiger partial charge in [0.15, 0.2) is 0 Å². The van der Waals surface area contributed by atoms with E-state index in [1.54, 1.807) is 6.92 Å². The topological polar surface area (TPSA) is 78.5 Å². The molecule has 0 spiro atoms. The number of urea groups is 1. The molecular weight excluding hydrogens is 354 g/mol. The molecule has 0 radical (unpaired) electrons. The van der Waals surface area contributed by atoms with E-state index in [9.17, 15) is 14.4 Å². The summed E-state index contributed by atoms with van der Waals surface area (Å²) in [5.41, 5.74) is 0.921. The van der Waals surface area contributed by atoms with Gasteiger partial charge < -0.3 is 10.6 Å². The van der Waals surface area contributed by atoms with Crippen molar-refractivity contribution in [3.8, 4) is 0 Å². The minimum absolute atomic E-state index is 0.276. The fourth-order valence-corrected chi connectivity index (χ4v) is 3.44. The van der Waals surface area contributed by atoms with Gasteiger partial charge in [0.2, 0.25) is 5.91 Å². The number of amides is 4. The highest BCUT2D eigenvalue weighted by atomic mass is 16.2. The summed E-state index contributed by atoms with van der Waals surface area (Å²) < 4.78 is 0. The van der Waals surface area contributed by atoms with Crippen LogP contribution in [0.1, 0.15) is 77.7 Å². The molecule has 1 atom stereocenters. The summed E-state index contributed by atoms with van der Waals surface area (Å²) in [6, 6.07) is 7.10. The molecule has 1 aromatic carbocycles. The average Bonchev–Trinajstić information content (AvgIpc) is 2.85. The Labute approximate surface area is 168 Å². The summed E-state index contributed by atoms with van der Waals surface area (Å²) >= 11 is 0. The summed E-state index contributed by atoms with van der Waals surface area (Å²) in [5, 5.41) is 5.52. The number of hydrogen-bond donors (Lipinski definition) is 2. The monoisotopic (exact) mass is 387 g/mol. The molecule has 1 aromatic rings. The zero-order valence-corrected chi connectivity index (χ0v) is 17.5. The lowest BCUT2D eigenvalue weighted by molar-refractivity contribution is -0.133. The number of unbranched alkanes of at least 4 members (excludes halogenated alkanes) is 4. The van der Waals surface area contributed by atoms with Crippen molar-refractivity contribution < 1.29 is 14.4 Å². The second kappa shape index (κ2) is 9.71. The van der Waals surface area contributed by atoms with Crippen molar-refractivity contribution in [3.63, 3.8) is 0 Å². The zero-order valence-electron chi connectivity index (χ0n) is 17.5. The van der Waals surface area contributed by atoms with Crippen molar-refractivity contribution in [3.05, 3.63) is 29.8 Å². The SMILES string of the molecule is CCCCCCCC1(C)NC(=O)N(CC(=O)Nc2ccc(C(C)C)cc2)C1=O. The second-order valence-corrected chi connectivity index (χ2v) is 8.14. The number of benzene rings is 1. The summed E-state index contributed by atoms with van der Waals surface area (Å²) in [6.07, 6.45) is 5.99. The van der Waals surface area contributed by atoms with Crippen LogP contribution >= 0.6 is 0 Å². The van der Waals surface area contributed by atoms with Crippen LogP contribution in [-0.2, 0) is 9.59 Å². The van der Waals surface area contributed by atoms with Crippen LogP contribution in [0.3, 0.4) is 0 Å². The highest BCUT2D eigenvalue weighted by Gasteiger charge is 2.47. The Kier molecular flexibility index (Phi) is 7.61. The Bertz CT molecular complexity index is 699. The van der Waals surface area contributed by atoms with Crippen LogP contribution in [-0.4, -0.2) is 34.8 Å². The molecule has 1 aliphatic heterocycles. The van der Waals surface area contributed by atoms with Gasteiger partial charge in [0.05, 0.1) is 0 Å². The number of hydrogen-bond acceptors (Lipinski definition) is 3. The quantitative estimate of drug-likeness (QED) is 0.461. The molecule has 2 rings (SSSR count). The molecule has 4 amide bonds. The third-order valence-corrected chi connectivity index (χ3v) is 5.29. The predicted octanol–water partition coefficient (Wildman–Crippen LogP) is 4.42. The number of nitrogens with one attached hydrogen (secondary N) is 2. The molecule has 6 nitrogen and oxygen atoms in total. The van der Waals surface area contributed by atoms with Crippen LogP contribution in [0.5, 0.6) is 0 Å². The maximum atomic E-state index is 12.7. The average molecular weight is 388 g/mol. The number of nitrogens with zero attached hydrogens (tertiary/aromatic N) is 1. The van der Waals surface area contributed by atoms with Crippen LogP contribution in [0.2, 0.25) is 0 Å². The minimum Gasteiger partial charge on any atom is -0.325 e. The lowest BCUT2D eigenvalue weighted by atomic mass is 9.94. The van der Waals surface area contributed by atoms with Crippen molar-refractivity contribution >= 4 is 23.5 Å². The molecule has 1 saturated heterocycles. The fraction of sp³-hybridized carbons (Fsp3) is 0.591. The first-order valence-electron chi connectivity index (χ1n) is 10.3. The Morgan fingerprint density at radius 2 is 1.75 bits per heavy atom. The third-order valence-electron chi connectivity index (χ3n) is 5.29. The highest BCUT2D eigenvalue weighted by molar-refractivity contribution is 6.09. The molecule has 28 heavy (non-hydrogen) atoms. The van der Waals surface area contributed by atoms with Crippen LogP contribution in [0.25, 0.3) is 0 Å². The summed E-state index contributed by atoms with van der Waals surface area (Å²) in [6.45, 7) is 7.83. The predicted molar refractivity (Wildman–Crippen MR) is 111 cm³/mol. The van der Waals surface area contributed by atoms with Gasteiger partial charge in [0, 0.05) is 5.69 Å². The number of carbonyl (C=O) groups is 3. The van der Waals surface area contributed by atoms with Crippen molar-refractivity contribution in [1.82, 2.24) is 10.2 Å². The molecule has 0 bridgehead atoms. The zero-order chi connectivity index (χ0) is 20.7. The van der Waals surface area contributed by atoms with E-state index in [4.69, 9.17) is 0 Å². The Morgan fingerprint density at radius 3 is 2.36 bits per heavy atom. The fourth-order valence-electron chi connectivity index (χ4n) is 3.44.